The van der Waals surface area contributed by atoms with Crippen molar-refractivity contribution in [2.45, 2.75) is 92.2 Å². The Kier molecular flexibility index (Phi) is 10.6. The molecular weight excluding hydrogens is 648 g/mol. The Labute approximate surface area is 298 Å². The summed E-state index contributed by atoms with van der Waals surface area (Å²) < 4.78 is 0. The van der Waals surface area contributed by atoms with Gasteiger partial charge in [0.2, 0.25) is 0 Å². The maximum absolute atomic E-state index is 2.63. The smallest absolute Gasteiger partial charge is 0.158 e. The Morgan fingerprint density at radius 2 is 0.913 bits per heavy atom. The number of fused-ring (bicyclic) bond motifs is 2. The van der Waals surface area contributed by atoms with Gasteiger partial charge in [0.1, 0.15) is 0 Å². The van der Waals surface area contributed by atoms with Crippen molar-refractivity contribution in [3.05, 3.63) is 119 Å². The molecule has 0 bridgehead atoms. The van der Waals surface area contributed by atoms with Crippen molar-refractivity contribution in [1.82, 2.24) is 0 Å². The van der Waals surface area contributed by atoms with Gasteiger partial charge in [0.05, 0.1) is 0 Å². The van der Waals surface area contributed by atoms with Crippen LogP contribution in [0.2, 0.25) is 13.1 Å². The first kappa shape index (κ1) is 34.5. The van der Waals surface area contributed by atoms with Crippen molar-refractivity contribution in [3.63, 3.8) is 0 Å². The maximum Gasteiger partial charge on any atom is 2.00 e. The summed E-state index contributed by atoms with van der Waals surface area (Å²) in [5.74, 6) is 1.17. The summed E-state index contributed by atoms with van der Waals surface area (Å²) in [4.78, 5) is 0. The van der Waals surface area contributed by atoms with Crippen LogP contribution in [0.5, 0.6) is 0 Å². The molecule has 6 rings (SSSR count). The second-order valence-electron chi connectivity index (χ2n) is 13.8. The van der Waals surface area contributed by atoms with E-state index in [1.807, 2.05) is 0 Å². The summed E-state index contributed by atoms with van der Waals surface area (Å²) in [5, 5.41) is 9.00. The average Bonchev–Trinajstić information content (AvgIpc) is 3.67. The third-order valence-electron chi connectivity index (χ3n) is 10.8. The molecule has 234 valence electrons. The second-order valence-corrected chi connectivity index (χ2v) is 18.1. The first-order valence-corrected chi connectivity index (χ1v) is 20.4. The van der Waals surface area contributed by atoms with Crippen LogP contribution in [-0.4, -0.2) is 8.07 Å². The zero-order valence-corrected chi connectivity index (χ0v) is 32.7. The van der Waals surface area contributed by atoms with Crippen molar-refractivity contribution in [2.75, 3.05) is 0 Å². The van der Waals surface area contributed by atoms with E-state index in [1.165, 1.54) is 78.9 Å². The van der Waals surface area contributed by atoms with E-state index in [-0.39, 0.29) is 26.2 Å². The van der Waals surface area contributed by atoms with Gasteiger partial charge in [-0.25, -0.2) is 0 Å². The number of rotatable bonds is 10. The molecule has 0 saturated heterocycles. The Hall–Kier alpha value is -2.80. The molecular formula is C44H50SiZr. The van der Waals surface area contributed by atoms with E-state index in [0.29, 0.717) is 11.8 Å². The molecule has 6 aromatic carbocycles. The quantitative estimate of drug-likeness (QED) is 0.0987. The van der Waals surface area contributed by atoms with Gasteiger partial charge in [-0.05, 0) is 59.8 Å². The third kappa shape index (κ3) is 6.02. The second kappa shape index (κ2) is 14.1. The van der Waals surface area contributed by atoms with Crippen molar-refractivity contribution in [3.8, 4) is 22.3 Å². The summed E-state index contributed by atoms with van der Waals surface area (Å²) in [5.41, 5.74) is 11.3. The van der Waals surface area contributed by atoms with E-state index in [0.717, 1.165) is 12.8 Å². The summed E-state index contributed by atoms with van der Waals surface area (Å²) >= 11 is 0. The third-order valence-corrected chi connectivity index (χ3v) is 14.5. The van der Waals surface area contributed by atoms with E-state index in [4.69, 9.17) is 0 Å². The summed E-state index contributed by atoms with van der Waals surface area (Å²) in [6.07, 6.45) is 4.44. The zero-order chi connectivity index (χ0) is 31.9. The molecule has 0 saturated carbocycles. The van der Waals surface area contributed by atoms with E-state index >= 15 is 0 Å². The van der Waals surface area contributed by atoms with E-state index in [1.54, 1.807) is 10.4 Å². The van der Waals surface area contributed by atoms with Gasteiger partial charge in [0.25, 0.3) is 0 Å². The number of benzene rings is 4. The van der Waals surface area contributed by atoms with Gasteiger partial charge in [-0.2, -0.15) is 10.4 Å². The molecule has 46 heavy (non-hydrogen) atoms. The van der Waals surface area contributed by atoms with E-state index in [2.05, 4.69) is 152 Å². The largest absolute Gasteiger partial charge is 2.00 e. The minimum atomic E-state index is -2.21. The standard InChI is InChI=1S/C44H50Si.Zr/c1-9-29(5)33-19-23-35(24-20-33)39-17-13-15-37-27-31(11-3)43(41(37)39)45(7,8)44-32(12-4)28-38-16-14-18-40(42(38)44)36-25-21-34(22-26-36)30(6)10-2;/h13-30H,9-12H2,1-8H3;/q-2;+2. The van der Waals surface area contributed by atoms with Crippen molar-refractivity contribution in [1.29, 1.82) is 0 Å². The predicted molar refractivity (Wildman–Crippen MR) is 203 cm³/mol. The topological polar surface area (TPSA) is 0 Å². The minimum absolute atomic E-state index is 0. The molecule has 0 radical (unpaired) electrons. The zero-order valence-electron chi connectivity index (χ0n) is 29.2. The van der Waals surface area contributed by atoms with Gasteiger partial charge in [0.15, 0.2) is 0 Å². The maximum atomic E-state index is 2.63. The SMILES string of the molecule is CCc1[cH-]c2cccc(-c3ccc(C(C)CC)cc3)c2c1[Si](C)(C)c1c(CC)[cH-]c2cccc(-c3ccc(C(C)CC)cc3)c12.[Zr+2]. The Bertz CT molecular complexity index is 1790. The summed E-state index contributed by atoms with van der Waals surface area (Å²) in [7, 11) is -2.21. The van der Waals surface area contributed by atoms with E-state index in [9.17, 15) is 0 Å². The van der Waals surface area contributed by atoms with Gasteiger partial charge in [-0.3, -0.25) is 0 Å². The molecule has 2 atom stereocenters. The molecule has 0 spiro atoms. The van der Waals surface area contributed by atoms with Crippen LogP contribution in [0.1, 0.15) is 88.5 Å². The molecule has 0 amide bonds. The van der Waals surface area contributed by atoms with Crippen LogP contribution in [0.4, 0.5) is 0 Å². The fourth-order valence-electron chi connectivity index (χ4n) is 7.83. The predicted octanol–water partition coefficient (Wildman–Crippen LogP) is 11.7. The van der Waals surface area contributed by atoms with Gasteiger partial charge in [0, 0.05) is 8.07 Å². The number of hydrogen-bond acceptors (Lipinski definition) is 0. The van der Waals surface area contributed by atoms with Gasteiger partial charge in [-0.1, -0.05) is 126 Å². The molecule has 0 nitrogen and oxygen atoms in total. The fourth-order valence-corrected chi connectivity index (χ4v) is 12.0. The first-order valence-electron chi connectivity index (χ1n) is 17.4. The van der Waals surface area contributed by atoms with Gasteiger partial charge < -0.3 is 0 Å². The minimum Gasteiger partial charge on any atom is -0.158 e. The van der Waals surface area contributed by atoms with Crippen LogP contribution >= 0.6 is 0 Å². The molecule has 0 aliphatic rings. The van der Waals surface area contributed by atoms with Crippen molar-refractivity contribution >= 4 is 40.0 Å². The molecule has 0 fully saturated rings. The molecule has 0 N–H and O–H groups in total. The van der Waals surface area contributed by atoms with Crippen LogP contribution in [0.3, 0.4) is 0 Å². The van der Waals surface area contributed by atoms with E-state index < -0.39 is 8.07 Å². The summed E-state index contributed by atoms with van der Waals surface area (Å²) in [6, 6.07) is 37.8. The average molecular weight is 698 g/mol. The number of aryl methyl sites for hydroxylation is 2. The molecule has 0 aromatic heterocycles. The number of hydrogen-bond donors (Lipinski definition) is 0. The molecule has 6 aromatic rings. The van der Waals surface area contributed by atoms with Crippen LogP contribution in [-0.2, 0) is 39.0 Å². The van der Waals surface area contributed by atoms with Crippen LogP contribution in [0.15, 0.2) is 97.1 Å². The van der Waals surface area contributed by atoms with Crippen LogP contribution < -0.4 is 10.4 Å². The fraction of sp³-hybridized carbons (Fsp3) is 0.318. The Morgan fingerprint density at radius 3 is 1.24 bits per heavy atom. The normalized spacial score (nSPS) is 13.2. The Morgan fingerprint density at radius 1 is 0.543 bits per heavy atom. The molecule has 0 aliphatic heterocycles. The summed E-state index contributed by atoms with van der Waals surface area (Å²) in [6.45, 7) is 19.2. The monoisotopic (exact) mass is 696 g/mol. The molecule has 0 heterocycles. The van der Waals surface area contributed by atoms with Crippen molar-refractivity contribution < 1.29 is 26.2 Å². The van der Waals surface area contributed by atoms with Gasteiger partial charge in [-0.15, -0.1) is 69.1 Å². The van der Waals surface area contributed by atoms with Crippen molar-refractivity contribution in [2.24, 2.45) is 0 Å². The van der Waals surface area contributed by atoms with Gasteiger partial charge >= 0.3 is 26.2 Å². The molecule has 2 unspecified atom stereocenters. The Balaban J connectivity index is 0.00000417. The first-order chi connectivity index (χ1) is 21.7. The van der Waals surface area contributed by atoms with Crippen LogP contribution in [0, 0.1) is 0 Å². The molecule has 2 heteroatoms. The molecule has 0 aliphatic carbocycles. The van der Waals surface area contributed by atoms with Crippen LogP contribution in [0.25, 0.3) is 43.8 Å².